The van der Waals surface area contributed by atoms with Crippen molar-refractivity contribution in [1.29, 1.82) is 0 Å². The van der Waals surface area contributed by atoms with Crippen LogP contribution >= 0.6 is 0 Å². The van der Waals surface area contributed by atoms with Crippen LogP contribution in [0.4, 0.5) is 17.5 Å². The Hall–Kier alpha value is -3.14. The van der Waals surface area contributed by atoms with E-state index in [1.807, 2.05) is 44.2 Å². The standard InChI is InChI=1S/C23H29N5O3S/c1-5-31-19-11-9-17(10-12-19)21-14-25-23(28-22(21)26-16(2)15-30-3)27-18-7-6-8-20(13-18)32(4,24)29/h6-14,16H,4-5,15H2,1-3H3,(H2,24,29)(H2,25,26,27,28). The Balaban J connectivity index is 1.94. The Morgan fingerprint density at radius 2 is 1.97 bits per heavy atom. The van der Waals surface area contributed by atoms with Crippen LogP contribution in [0.5, 0.6) is 5.75 Å². The first kappa shape index (κ1) is 23.5. The molecule has 3 aromatic rings. The summed E-state index contributed by atoms with van der Waals surface area (Å²) in [5.41, 5.74) is 2.46. The van der Waals surface area contributed by atoms with Gasteiger partial charge in [-0.25, -0.2) is 9.19 Å². The van der Waals surface area contributed by atoms with Crippen LogP contribution in [0.3, 0.4) is 0 Å². The molecule has 0 fully saturated rings. The number of nitrogens with one attached hydrogen (secondary N) is 2. The molecule has 170 valence electrons. The van der Waals surface area contributed by atoms with Crippen LogP contribution in [0.15, 0.2) is 59.6 Å². The predicted molar refractivity (Wildman–Crippen MR) is 131 cm³/mol. The monoisotopic (exact) mass is 455 g/mol. The minimum atomic E-state index is -2.82. The fourth-order valence-corrected chi connectivity index (χ4v) is 3.74. The summed E-state index contributed by atoms with van der Waals surface area (Å²) >= 11 is 0. The van der Waals surface area contributed by atoms with Crippen LogP contribution in [0.2, 0.25) is 0 Å². The fraction of sp³-hybridized carbons (Fsp3) is 0.261. The molecule has 0 aliphatic carbocycles. The number of hydrogen-bond acceptors (Lipinski definition) is 7. The maximum Gasteiger partial charge on any atom is 0.229 e. The Labute approximate surface area is 189 Å². The van der Waals surface area contributed by atoms with Crippen molar-refractivity contribution in [2.75, 3.05) is 31.0 Å². The van der Waals surface area contributed by atoms with Crippen LogP contribution < -0.4 is 20.5 Å². The molecule has 4 N–H and O–H groups in total. The molecule has 32 heavy (non-hydrogen) atoms. The molecule has 0 radical (unpaired) electrons. The second kappa shape index (κ2) is 10.4. The summed E-state index contributed by atoms with van der Waals surface area (Å²) in [7, 11) is -1.16. The third-order valence-corrected chi connectivity index (χ3v) is 5.61. The van der Waals surface area contributed by atoms with E-state index in [-0.39, 0.29) is 6.04 Å². The highest BCUT2D eigenvalue weighted by Gasteiger charge is 2.13. The van der Waals surface area contributed by atoms with Gasteiger partial charge in [0.25, 0.3) is 0 Å². The van der Waals surface area contributed by atoms with Gasteiger partial charge >= 0.3 is 0 Å². The first-order chi connectivity index (χ1) is 15.3. The highest BCUT2D eigenvalue weighted by Crippen LogP contribution is 2.29. The largest absolute Gasteiger partial charge is 0.494 e. The van der Waals surface area contributed by atoms with Crippen molar-refractivity contribution in [3.8, 4) is 16.9 Å². The van der Waals surface area contributed by atoms with Crippen LogP contribution in [-0.4, -0.2) is 46.4 Å². The Kier molecular flexibility index (Phi) is 7.68. The summed E-state index contributed by atoms with van der Waals surface area (Å²) in [6.07, 6.45) is 1.75. The fourth-order valence-electron chi connectivity index (χ4n) is 3.10. The highest BCUT2D eigenvalue weighted by atomic mass is 32.2. The highest BCUT2D eigenvalue weighted by molar-refractivity contribution is 7.98. The van der Waals surface area contributed by atoms with E-state index in [2.05, 4.69) is 26.5 Å². The normalized spacial score (nSPS) is 13.8. The molecule has 2 unspecified atom stereocenters. The lowest BCUT2D eigenvalue weighted by molar-refractivity contribution is 0.190. The van der Waals surface area contributed by atoms with Gasteiger partial charge in [0.05, 0.1) is 22.9 Å². The molecule has 0 aliphatic rings. The lowest BCUT2D eigenvalue weighted by atomic mass is 10.1. The van der Waals surface area contributed by atoms with Crippen molar-refractivity contribution in [2.24, 2.45) is 5.14 Å². The zero-order chi connectivity index (χ0) is 23.1. The quantitative estimate of drug-likeness (QED) is 0.400. The summed E-state index contributed by atoms with van der Waals surface area (Å²) in [6, 6.07) is 14.7. The average Bonchev–Trinajstić information content (AvgIpc) is 2.75. The van der Waals surface area contributed by atoms with Gasteiger partial charge in [0, 0.05) is 35.5 Å². The van der Waals surface area contributed by atoms with E-state index >= 15 is 0 Å². The molecule has 0 amide bonds. The van der Waals surface area contributed by atoms with Gasteiger partial charge in [-0.05, 0) is 55.6 Å². The number of nitrogens with two attached hydrogens (primary N) is 1. The predicted octanol–water partition coefficient (Wildman–Crippen LogP) is 3.68. The van der Waals surface area contributed by atoms with E-state index in [0.29, 0.717) is 35.6 Å². The molecule has 2 aromatic carbocycles. The molecule has 1 heterocycles. The molecule has 1 aromatic heterocycles. The van der Waals surface area contributed by atoms with E-state index < -0.39 is 9.71 Å². The second-order valence-corrected chi connectivity index (χ2v) is 9.22. The molecule has 0 saturated carbocycles. The van der Waals surface area contributed by atoms with Gasteiger partial charge < -0.3 is 20.1 Å². The number of ether oxygens (including phenoxy) is 2. The van der Waals surface area contributed by atoms with Gasteiger partial charge in [-0.1, -0.05) is 18.2 Å². The van der Waals surface area contributed by atoms with E-state index in [9.17, 15) is 4.21 Å². The van der Waals surface area contributed by atoms with Gasteiger partial charge in [-0.2, -0.15) is 4.98 Å². The molecule has 3 rings (SSSR count). The lowest BCUT2D eigenvalue weighted by Crippen LogP contribution is -2.22. The number of hydrogen-bond donors (Lipinski definition) is 3. The molecule has 0 spiro atoms. The number of benzene rings is 2. The Morgan fingerprint density at radius 3 is 2.62 bits per heavy atom. The first-order valence-corrected chi connectivity index (χ1v) is 12.0. The summed E-state index contributed by atoms with van der Waals surface area (Å²) in [5, 5.41) is 12.2. The lowest BCUT2D eigenvalue weighted by Gasteiger charge is -2.18. The Morgan fingerprint density at radius 1 is 1.22 bits per heavy atom. The van der Waals surface area contributed by atoms with Gasteiger partial charge in [0.1, 0.15) is 11.6 Å². The molecule has 0 bridgehead atoms. The van der Waals surface area contributed by atoms with Crippen LogP contribution in [0, 0.1) is 0 Å². The number of anilines is 3. The van der Waals surface area contributed by atoms with E-state index in [4.69, 9.17) is 14.6 Å². The number of nitrogens with zero attached hydrogens (tertiary/aromatic N) is 2. The Bertz CT molecular complexity index is 1150. The number of aromatic nitrogens is 2. The van der Waals surface area contributed by atoms with Crippen molar-refractivity contribution >= 4 is 33.0 Å². The van der Waals surface area contributed by atoms with Crippen molar-refractivity contribution in [2.45, 2.75) is 24.8 Å². The smallest absolute Gasteiger partial charge is 0.229 e. The summed E-state index contributed by atoms with van der Waals surface area (Å²) < 4.78 is 22.9. The topological polar surface area (TPSA) is 111 Å². The zero-order valence-corrected chi connectivity index (χ0v) is 19.3. The molecule has 2 atom stereocenters. The maximum absolute atomic E-state index is 12.1. The third-order valence-electron chi connectivity index (χ3n) is 4.55. The van der Waals surface area contributed by atoms with Crippen molar-refractivity contribution < 1.29 is 13.7 Å². The van der Waals surface area contributed by atoms with Crippen molar-refractivity contribution in [3.63, 3.8) is 0 Å². The van der Waals surface area contributed by atoms with Gasteiger partial charge in [-0.15, -0.1) is 0 Å². The molecule has 9 heteroatoms. The summed E-state index contributed by atoms with van der Waals surface area (Å²) in [4.78, 5) is 9.60. The van der Waals surface area contributed by atoms with Gasteiger partial charge in [0.15, 0.2) is 0 Å². The van der Waals surface area contributed by atoms with Crippen LogP contribution in [-0.2, 0) is 14.4 Å². The molecule has 0 aliphatic heterocycles. The SMILES string of the molecule is C=S(N)(=O)c1cccc(Nc2ncc(-c3ccc(OCC)cc3)c(NC(C)COC)n2)c1. The van der Waals surface area contributed by atoms with Crippen molar-refractivity contribution in [1.82, 2.24) is 9.97 Å². The maximum atomic E-state index is 12.1. The average molecular weight is 456 g/mol. The second-order valence-electron chi connectivity index (χ2n) is 7.29. The van der Waals surface area contributed by atoms with E-state index in [1.165, 1.54) is 0 Å². The van der Waals surface area contributed by atoms with Crippen LogP contribution in [0.1, 0.15) is 13.8 Å². The number of methoxy groups -OCH3 is 1. The summed E-state index contributed by atoms with van der Waals surface area (Å²) in [6.45, 7) is 5.09. The minimum absolute atomic E-state index is 0.0283. The van der Waals surface area contributed by atoms with E-state index in [0.717, 1.165) is 16.9 Å². The third kappa shape index (κ3) is 6.19. The van der Waals surface area contributed by atoms with Gasteiger partial charge in [-0.3, -0.25) is 5.14 Å². The number of rotatable bonds is 10. The molecule has 0 saturated heterocycles. The first-order valence-electron chi connectivity index (χ1n) is 10.2. The van der Waals surface area contributed by atoms with E-state index in [1.54, 1.807) is 31.5 Å². The van der Waals surface area contributed by atoms with Gasteiger partial charge in [0.2, 0.25) is 5.95 Å². The molecular weight excluding hydrogens is 426 g/mol. The summed E-state index contributed by atoms with van der Waals surface area (Å²) in [5.74, 6) is 5.38. The van der Waals surface area contributed by atoms with Crippen LogP contribution in [0.25, 0.3) is 11.1 Å². The zero-order valence-electron chi connectivity index (χ0n) is 18.5. The molecular formula is C23H29N5O3S. The van der Waals surface area contributed by atoms with Crippen molar-refractivity contribution in [3.05, 3.63) is 54.7 Å². The minimum Gasteiger partial charge on any atom is -0.494 e. The molecule has 8 nitrogen and oxygen atoms in total.